The molecule has 7 aromatic carbocycles. The Morgan fingerprint density at radius 2 is 1.12 bits per heavy atom. The zero-order valence-corrected chi connectivity index (χ0v) is 33.7. The molecule has 0 atom stereocenters. The second kappa shape index (κ2) is 12.6. The van der Waals surface area contributed by atoms with Crippen LogP contribution < -0.4 is 25.5 Å². The third-order valence-corrected chi connectivity index (χ3v) is 17.6. The molecular weight excluding hydrogens is 737 g/mol. The molecule has 59 heavy (non-hydrogen) atoms. The average Bonchev–Trinajstić information content (AvgIpc) is 3.91. The van der Waals surface area contributed by atoms with Crippen LogP contribution in [0.3, 0.4) is 0 Å². The molecule has 5 nitrogen and oxygen atoms in total. The van der Waals surface area contributed by atoms with Crippen molar-refractivity contribution in [3.05, 3.63) is 206 Å². The summed E-state index contributed by atoms with van der Waals surface area (Å²) < 4.78 is 11.3. The van der Waals surface area contributed by atoms with E-state index < -0.39 is 8.07 Å². The number of para-hydroxylation sites is 2. The minimum absolute atomic E-state index is 0.265. The lowest BCUT2D eigenvalue weighted by Crippen LogP contribution is -2.74. The van der Waals surface area contributed by atoms with Gasteiger partial charge in [-0.25, -0.2) is 9.97 Å². The number of rotatable bonds is 5. The molecule has 4 aromatic heterocycles. The topological polar surface area (TPSA) is 44.4 Å². The van der Waals surface area contributed by atoms with Crippen LogP contribution in [0.15, 0.2) is 195 Å². The Morgan fingerprint density at radius 1 is 0.458 bits per heavy atom. The Hall–Kier alpha value is -7.28. The molecule has 0 amide bonds. The van der Waals surface area contributed by atoms with E-state index >= 15 is 0 Å². The molecular formula is C53H38N4OSi. The van der Waals surface area contributed by atoms with Crippen LogP contribution in [0.2, 0.25) is 0 Å². The van der Waals surface area contributed by atoms with Gasteiger partial charge in [-0.15, -0.1) is 0 Å². The zero-order valence-electron chi connectivity index (χ0n) is 32.7. The Kier molecular flexibility index (Phi) is 7.23. The summed E-state index contributed by atoms with van der Waals surface area (Å²) in [7, 11) is -3.03. The molecule has 0 N–H and O–H groups in total. The molecule has 280 valence electrons. The predicted octanol–water partition coefficient (Wildman–Crippen LogP) is 9.94. The summed E-state index contributed by atoms with van der Waals surface area (Å²) in [4.78, 5) is 9.95. The van der Waals surface area contributed by atoms with Crippen molar-refractivity contribution in [3.63, 3.8) is 0 Å². The first-order chi connectivity index (χ1) is 29.0. The SMILES string of the molecule is CC1(C)c2ccccc2Oc2cc3c4ccc([Si](c5ccccc5)(c5ccccc5)c5ccc6c7ccccc7n7ccnc7c6c5)cc4n(-c4ccccn4)c3cc21. The van der Waals surface area contributed by atoms with Crippen LogP contribution in [-0.4, -0.2) is 27.0 Å². The van der Waals surface area contributed by atoms with Crippen LogP contribution in [-0.2, 0) is 5.41 Å². The van der Waals surface area contributed by atoms with Gasteiger partial charge in [-0.1, -0.05) is 147 Å². The molecule has 0 unspecified atom stereocenters. The Bertz CT molecular complexity index is 3410. The third kappa shape index (κ3) is 4.78. The molecule has 1 aliphatic rings. The van der Waals surface area contributed by atoms with E-state index in [9.17, 15) is 0 Å². The van der Waals surface area contributed by atoms with E-state index in [-0.39, 0.29) is 5.41 Å². The van der Waals surface area contributed by atoms with Crippen molar-refractivity contribution < 1.29 is 4.74 Å². The van der Waals surface area contributed by atoms with Gasteiger partial charge in [0.1, 0.15) is 23.0 Å². The van der Waals surface area contributed by atoms with E-state index in [1.165, 1.54) is 37.1 Å². The summed E-state index contributed by atoms with van der Waals surface area (Å²) in [5.74, 6) is 2.69. The van der Waals surface area contributed by atoms with Gasteiger partial charge in [0.05, 0.1) is 16.6 Å². The van der Waals surface area contributed by atoms with E-state index in [0.717, 1.165) is 61.2 Å². The van der Waals surface area contributed by atoms with Crippen molar-refractivity contribution in [1.82, 2.24) is 18.9 Å². The maximum absolute atomic E-state index is 6.70. The maximum Gasteiger partial charge on any atom is 0.179 e. The molecule has 0 bridgehead atoms. The Balaban J connectivity index is 1.20. The number of ether oxygens (including phenoxy) is 1. The lowest BCUT2D eigenvalue weighted by molar-refractivity contribution is 0.419. The number of benzene rings is 7. The molecule has 0 aliphatic carbocycles. The molecule has 1 aliphatic heterocycles. The predicted molar refractivity (Wildman–Crippen MR) is 245 cm³/mol. The highest BCUT2D eigenvalue weighted by molar-refractivity contribution is 7.20. The second-order valence-corrected chi connectivity index (χ2v) is 20.0. The van der Waals surface area contributed by atoms with E-state index in [0.29, 0.717) is 0 Å². The smallest absolute Gasteiger partial charge is 0.179 e. The highest BCUT2D eigenvalue weighted by Gasteiger charge is 2.42. The van der Waals surface area contributed by atoms with E-state index in [2.05, 4.69) is 199 Å². The minimum atomic E-state index is -3.03. The molecule has 0 spiro atoms. The molecule has 0 saturated heterocycles. The van der Waals surface area contributed by atoms with Gasteiger partial charge in [0.25, 0.3) is 0 Å². The summed E-state index contributed by atoms with van der Waals surface area (Å²) in [5.41, 5.74) is 6.42. The summed E-state index contributed by atoms with van der Waals surface area (Å²) in [6.07, 6.45) is 5.89. The minimum Gasteiger partial charge on any atom is -0.457 e. The van der Waals surface area contributed by atoms with Crippen molar-refractivity contribution in [1.29, 1.82) is 0 Å². The molecule has 0 saturated carbocycles. The van der Waals surface area contributed by atoms with Crippen molar-refractivity contribution >= 4 is 77.9 Å². The molecule has 11 aromatic rings. The number of imidazole rings is 1. The number of pyridine rings is 2. The van der Waals surface area contributed by atoms with Crippen LogP contribution in [0, 0.1) is 0 Å². The fourth-order valence-electron chi connectivity index (χ4n) is 10.1. The van der Waals surface area contributed by atoms with Crippen LogP contribution in [0.4, 0.5) is 0 Å². The van der Waals surface area contributed by atoms with Crippen molar-refractivity contribution in [3.8, 4) is 17.3 Å². The highest BCUT2D eigenvalue weighted by atomic mass is 28.3. The summed E-state index contributed by atoms with van der Waals surface area (Å²) in [6, 6.07) is 64.6. The first kappa shape index (κ1) is 33.8. The maximum atomic E-state index is 6.70. The second-order valence-electron chi connectivity index (χ2n) is 16.2. The van der Waals surface area contributed by atoms with Gasteiger partial charge in [0.15, 0.2) is 8.07 Å². The molecule has 0 fully saturated rings. The Morgan fingerprint density at radius 3 is 1.90 bits per heavy atom. The first-order valence-electron chi connectivity index (χ1n) is 20.2. The first-order valence-corrected chi connectivity index (χ1v) is 22.2. The number of nitrogens with zero attached hydrogens (tertiary/aromatic N) is 4. The normalized spacial score (nSPS) is 13.5. The summed E-state index contributed by atoms with van der Waals surface area (Å²) in [5, 5.41) is 11.1. The quantitative estimate of drug-likeness (QED) is 0.0994. The van der Waals surface area contributed by atoms with Gasteiger partial charge in [-0.05, 0) is 68.6 Å². The van der Waals surface area contributed by atoms with E-state index in [1.54, 1.807) is 0 Å². The van der Waals surface area contributed by atoms with E-state index in [4.69, 9.17) is 14.7 Å². The van der Waals surface area contributed by atoms with Gasteiger partial charge < -0.3 is 4.74 Å². The largest absolute Gasteiger partial charge is 0.457 e. The monoisotopic (exact) mass is 774 g/mol. The van der Waals surface area contributed by atoms with Crippen LogP contribution in [0.25, 0.3) is 54.9 Å². The molecule has 0 radical (unpaired) electrons. The third-order valence-electron chi connectivity index (χ3n) is 12.8. The lowest BCUT2D eigenvalue weighted by atomic mass is 9.75. The van der Waals surface area contributed by atoms with Crippen LogP contribution in [0.5, 0.6) is 11.5 Å². The van der Waals surface area contributed by atoms with Crippen molar-refractivity contribution in [2.45, 2.75) is 19.3 Å². The standard InChI is InChI=1S/C53H38N4OSi/c1-53(2)44-20-10-12-22-49(44)58-50-33-42-41-27-25-38(32-47(41)57(48(42)34-45(50)53)51-23-13-14-28-54-51)59(35-15-5-3-6-16-35,36-17-7-4-8-18-36)37-24-26-39-40-19-9-11-21-46(40)56-30-29-55-52(56)43(39)31-37/h3-34H,1-2H3. The molecule has 6 heteroatoms. The van der Waals surface area contributed by atoms with Gasteiger partial charge in [0.2, 0.25) is 0 Å². The fourth-order valence-corrected chi connectivity index (χ4v) is 14.9. The van der Waals surface area contributed by atoms with Crippen LogP contribution in [0.1, 0.15) is 25.0 Å². The van der Waals surface area contributed by atoms with Gasteiger partial charge in [-0.3, -0.25) is 8.97 Å². The zero-order chi connectivity index (χ0) is 39.3. The van der Waals surface area contributed by atoms with Gasteiger partial charge in [0, 0.05) is 56.7 Å². The number of hydrogen-bond acceptors (Lipinski definition) is 3. The number of aromatic nitrogens is 4. The molecule has 5 heterocycles. The van der Waals surface area contributed by atoms with Gasteiger partial charge in [-0.2, -0.15) is 0 Å². The van der Waals surface area contributed by atoms with Crippen LogP contribution >= 0.6 is 0 Å². The fraction of sp³-hybridized carbons (Fsp3) is 0.0566. The lowest BCUT2D eigenvalue weighted by Gasteiger charge is -2.35. The van der Waals surface area contributed by atoms with Crippen molar-refractivity contribution in [2.75, 3.05) is 0 Å². The summed E-state index contributed by atoms with van der Waals surface area (Å²) in [6.45, 7) is 4.60. The number of fused-ring (bicyclic) bond motifs is 11. The van der Waals surface area contributed by atoms with Gasteiger partial charge >= 0.3 is 0 Å². The highest BCUT2D eigenvalue weighted by Crippen LogP contribution is 2.50. The van der Waals surface area contributed by atoms with E-state index in [1.807, 2.05) is 18.5 Å². The summed E-state index contributed by atoms with van der Waals surface area (Å²) >= 11 is 0. The van der Waals surface area contributed by atoms with Crippen molar-refractivity contribution in [2.24, 2.45) is 0 Å². The number of hydrogen-bond donors (Lipinski definition) is 0. The Labute approximate surface area is 342 Å². The molecule has 12 rings (SSSR count). The average molecular weight is 775 g/mol.